The molecule has 0 radical (unpaired) electrons. The standard InChI is InChI=1S/C19H24N4O2S/c1-3-4-10-22-16-11-14(19(24)23-13(2)20)12-17(26-21)18(16)25-15-8-6-5-7-9-15/h5-9,11-12,22H,3-4,10,21H2,1-2H3,(H2,20,23,24). The summed E-state index contributed by atoms with van der Waals surface area (Å²) >= 11 is 1.02. The number of benzene rings is 2. The Hall–Kier alpha value is -2.51. The lowest BCUT2D eigenvalue weighted by atomic mass is 10.1. The SMILES string of the molecule is CCCCNc1cc(C(=O)N=C(C)N)cc(SN)c1Oc1ccccc1. The first kappa shape index (κ1) is 19.8. The Morgan fingerprint density at radius 3 is 2.62 bits per heavy atom. The molecule has 7 heteroatoms. The van der Waals surface area contributed by atoms with Crippen LogP contribution in [0, 0.1) is 0 Å². The largest absolute Gasteiger partial charge is 0.454 e. The van der Waals surface area contributed by atoms with Crippen molar-refractivity contribution in [2.45, 2.75) is 31.6 Å². The van der Waals surface area contributed by atoms with Crippen molar-refractivity contribution in [2.24, 2.45) is 15.9 Å². The summed E-state index contributed by atoms with van der Waals surface area (Å²) in [6, 6.07) is 12.8. The van der Waals surface area contributed by atoms with Gasteiger partial charge in [-0.2, -0.15) is 4.99 Å². The molecule has 1 amide bonds. The molecule has 2 rings (SSSR count). The molecule has 2 aromatic rings. The average molecular weight is 372 g/mol. The van der Waals surface area contributed by atoms with E-state index in [1.165, 1.54) is 0 Å². The number of rotatable bonds is 8. The Labute approximate surface area is 158 Å². The highest BCUT2D eigenvalue weighted by molar-refractivity contribution is 7.97. The molecule has 0 fully saturated rings. The number of nitrogens with two attached hydrogens (primary N) is 2. The fourth-order valence-electron chi connectivity index (χ4n) is 2.28. The Kier molecular flexibility index (Phi) is 7.50. The lowest BCUT2D eigenvalue weighted by molar-refractivity contribution is 0.100. The third kappa shape index (κ3) is 5.50. The van der Waals surface area contributed by atoms with Crippen LogP contribution in [0.5, 0.6) is 11.5 Å². The van der Waals surface area contributed by atoms with Crippen LogP contribution < -0.4 is 20.9 Å². The molecule has 2 aromatic carbocycles. The number of carbonyl (C=O) groups excluding carboxylic acids is 1. The molecule has 0 aliphatic heterocycles. The smallest absolute Gasteiger partial charge is 0.278 e. The molecule has 138 valence electrons. The minimum atomic E-state index is -0.412. The van der Waals surface area contributed by atoms with Gasteiger partial charge < -0.3 is 15.8 Å². The maximum atomic E-state index is 12.3. The van der Waals surface area contributed by atoms with Crippen LogP contribution in [-0.2, 0) is 0 Å². The first-order valence-corrected chi connectivity index (χ1v) is 9.29. The number of hydrogen-bond donors (Lipinski definition) is 3. The summed E-state index contributed by atoms with van der Waals surface area (Å²) in [6.07, 6.45) is 2.05. The van der Waals surface area contributed by atoms with E-state index < -0.39 is 5.91 Å². The average Bonchev–Trinajstić information content (AvgIpc) is 2.63. The summed E-state index contributed by atoms with van der Waals surface area (Å²) in [5.74, 6) is 1.08. The van der Waals surface area contributed by atoms with E-state index in [9.17, 15) is 4.79 Å². The molecular formula is C19H24N4O2S. The minimum Gasteiger partial charge on any atom is -0.454 e. The van der Waals surface area contributed by atoms with Crippen molar-refractivity contribution in [3.8, 4) is 11.5 Å². The Bertz CT molecular complexity index is 775. The van der Waals surface area contributed by atoms with Crippen LogP contribution in [0.4, 0.5) is 5.69 Å². The van der Waals surface area contributed by atoms with Gasteiger partial charge in [-0.25, -0.2) is 0 Å². The van der Waals surface area contributed by atoms with E-state index in [2.05, 4.69) is 17.2 Å². The fourth-order valence-corrected chi connectivity index (χ4v) is 2.73. The van der Waals surface area contributed by atoms with E-state index in [4.69, 9.17) is 15.6 Å². The fraction of sp³-hybridized carbons (Fsp3) is 0.263. The highest BCUT2D eigenvalue weighted by Crippen LogP contribution is 2.39. The molecule has 0 spiro atoms. The van der Waals surface area contributed by atoms with Crippen LogP contribution in [0.25, 0.3) is 0 Å². The Morgan fingerprint density at radius 1 is 1.27 bits per heavy atom. The molecular weight excluding hydrogens is 348 g/mol. The van der Waals surface area contributed by atoms with Gasteiger partial charge in [0.15, 0.2) is 5.75 Å². The van der Waals surface area contributed by atoms with Gasteiger partial charge in [-0.15, -0.1) is 0 Å². The van der Waals surface area contributed by atoms with Gasteiger partial charge in [0.05, 0.1) is 10.6 Å². The van der Waals surface area contributed by atoms with Crippen LogP contribution in [0.2, 0.25) is 0 Å². The van der Waals surface area contributed by atoms with E-state index >= 15 is 0 Å². The van der Waals surface area contributed by atoms with E-state index in [1.807, 2.05) is 30.3 Å². The monoisotopic (exact) mass is 372 g/mol. The molecule has 26 heavy (non-hydrogen) atoms. The number of ether oxygens (including phenoxy) is 1. The summed E-state index contributed by atoms with van der Waals surface area (Å²) in [6.45, 7) is 4.44. The lowest BCUT2D eigenvalue weighted by Gasteiger charge is -2.17. The van der Waals surface area contributed by atoms with Gasteiger partial charge in [-0.05, 0) is 49.6 Å². The highest BCUT2D eigenvalue weighted by atomic mass is 32.2. The third-order valence-electron chi connectivity index (χ3n) is 3.52. The molecule has 6 nitrogen and oxygen atoms in total. The molecule has 0 aliphatic carbocycles. The summed E-state index contributed by atoms with van der Waals surface area (Å²) in [5, 5.41) is 9.17. The minimum absolute atomic E-state index is 0.210. The van der Waals surface area contributed by atoms with Crippen molar-refractivity contribution >= 4 is 29.4 Å². The van der Waals surface area contributed by atoms with Gasteiger partial charge in [0, 0.05) is 12.1 Å². The maximum absolute atomic E-state index is 12.3. The third-order valence-corrected chi connectivity index (χ3v) is 4.07. The molecule has 0 saturated carbocycles. The van der Waals surface area contributed by atoms with E-state index in [0.29, 0.717) is 27.6 Å². The molecule has 0 unspecified atom stereocenters. The number of anilines is 1. The van der Waals surface area contributed by atoms with Crippen LogP contribution >= 0.6 is 11.9 Å². The first-order chi connectivity index (χ1) is 12.5. The number of amidine groups is 1. The topological polar surface area (TPSA) is 103 Å². The second-order valence-electron chi connectivity index (χ2n) is 5.72. The number of aliphatic imine (C=N–C) groups is 1. The summed E-state index contributed by atoms with van der Waals surface area (Å²) in [7, 11) is 0. The number of amides is 1. The van der Waals surface area contributed by atoms with E-state index in [1.54, 1.807) is 19.1 Å². The van der Waals surface area contributed by atoms with E-state index in [-0.39, 0.29) is 5.84 Å². The quantitative estimate of drug-likeness (QED) is 0.278. The Morgan fingerprint density at radius 2 is 2.00 bits per heavy atom. The van der Waals surface area contributed by atoms with E-state index in [0.717, 1.165) is 31.3 Å². The number of unbranched alkanes of at least 4 members (excludes halogenated alkanes) is 1. The van der Waals surface area contributed by atoms with Crippen LogP contribution in [-0.4, -0.2) is 18.3 Å². The zero-order valence-corrected chi connectivity index (χ0v) is 15.8. The highest BCUT2D eigenvalue weighted by Gasteiger charge is 2.17. The molecule has 0 aliphatic rings. The molecule has 0 bridgehead atoms. The van der Waals surface area contributed by atoms with Gasteiger partial charge in [0.2, 0.25) is 0 Å². The zero-order valence-electron chi connectivity index (χ0n) is 15.0. The molecule has 5 N–H and O–H groups in total. The predicted octanol–water partition coefficient (Wildman–Crippen LogP) is 4.17. The van der Waals surface area contributed by atoms with Crippen molar-refractivity contribution in [2.75, 3.05) is 11.9 Å². The molecule has 0 aromatic heterocycles. The summed E-state index contributed by atoms with van der Waals surface area (Å²) in [5.41, 5.74) is 6.63. The maximum Gasteiger partial charge on any atom is 0.278 e. The van der Waals surface area contributed by atoms with Crippen molar-refractivity contribution in [3.63, 3.8) is 0 Å². The number of carbonyl (C=O) groups is 1. The summed E-state index contributed by atoms with van der Waals surface area (Å²) < 4.78 is 6.04. The van der Waals surface area contributed by atoms with Gasteiger partial charge in [0.25, 0.3) is 5.91 Å². The summed E-state index contributed by atoms with van der Waals surface area (Å²) in [4.78, 5) is 16.7. The molecule has 0 atom stereocenters. The number of hydrogen-bond acceptors (Lipinski definition) is 5. The van der Waals surface area contributed by atoms with Crippen molar-refractivity contribution in [3.05, 3.63) is 48.0 Å². The second-order valence-corrected chi connectivity index (χ2v) is 6.40. The Balaban J connectivity index is 2.45. The van der Waals surface area contributed by atoms with Gasteiger partial charge >= 0.3 is 0 Å². The number of nitrogens with one attached hydrogen (secondary N) is 1. The second kappa shape index (κ2) is 9.84. The van der Waals surface area contributed by atoms with Crippen molar-refractivity contribution in [1.29, 1.82) is 0 Å². The van der Waals surface area contributed by atoms with Crippen LogP contribution in [0.3, 0.4) is 0 Å². The van der Waals surface area contributed by atoms with Crippen LogP contribution in [0.1, 0.15) is 37.0 Å². The number of para-hydroxylation sites is 1. The van der Waals surface area contributed by atoms with Crippen LogP contribution in [0.15, 0.2) is 52.4 Å². The zero-order chi connectivity index (χ0) is 18.9. The number of nitrogens with zero attached hydrogens (tertiary/aromatic N) is 1. The predicted molar refractivity (Wildman–Crippen MR) is 108 cm³/mol. The lowest BCUT2D eigenvalue weighted by Crippen LogP contribution is -2.10. The van der Waals surface area contributed by atoms with Gasteiger partial charge in [-0.1, -0.05) is 31.5 Å². The molecule has 0 heterocycles. The molecule has 0 saturated heterocycles. The van der Waals surface area contributed by atoms with Crippen molar-refractivity contribution < 1.29 is 9.53 Å². The first-order valence-electron chi connectivity index (χ1n) is 8.41. The van der Waals surface area contributed by atoms with Crippen molar-refractivity contribution in [1.82, 2.24) is 0 Å². The normalized spacial score (nSPS) is 11.3. The van der Waals surface area contributed by atoms with Gasteiger partial charge in [-0.3, -0.25) is 9.93 Å². The van der Waals surface area contributed by atoms with Gasteiger partial charge in [0.1, 0.15) is 11.6 Å².